The van der Waals surface area contributed by atoms with Gasteiger partial charge in [-0.15, -0.1) is 0 Å². The quantitative estimate of drug-likeness (QED) is 0.740. The van der Waals surface area contributed by atoms with Crippen LogP contribution in [0.2, 0.25) is 10.0 Å². The van der Waals surface area contributed by atoms with Crippen molar-refractivity contribution in [3.63, 3.8) is 0 Å². The Morgan fingerprint density at radius 1 is 0.929 bits per heavy atom. The van der Waals surface area contributed by atoms with Crippen LogP contribution in [-0.2, 0) is 4.79 Å². The zero-order valence-electron chi connectivity index (χ0n) is 15.4. The van der Waals surface area contributed by atoms with E-state index in [9.17, 15) is 9.59 Å². The third-order valence-electron chi connectivity index (χ3n) is 4.50. The number of hydrogen-bond donors (Lipinski definition) is 0. The molecule has 2 aromatic carbocycles. The number of methoxy groups -OCH3 is 1. The molecule has 28 heavy (non-hydrogen) atoms. The molecule has 0 saturated carbocycles. The van der Waals surface area contributed by atoms with Crippen LogP contribution in [0.5, 0.6) is 11.5 Å². The van der Waals surface area contributed by atoms with Crippen molar-refractivity contribution >= 4 is 35.0 Å². The number of rotatable bonds is 5. The minimum absolute atomic E-state index is 0.0358. The Bertz CT molecular complexity index is 853. The lowest BCUT2D eigenvalue weighted by atomic mass is 10.1. The van der Waals surface area contributed by atoms with Crippen molar-refractivity contribution in [2.75, 3.05) is 39.9 Å². The summed E-state index contributed by atoms with van der Waals surface area (Å²) in [6.07, 6.45) is 0. The maximum Gasteiger partial charge on any atom is 0.260 e. The van der Waals surface area contributed by atoms with E-state index in [-0.39, 0.29) is 34.8 Å². The van der Waals surface area contributed by atoms with Crippen molar-refractivity contribution in [1.82, 2.24) is 9.80 Å². The molecule has 1 aliphatic heterocycles. The van der Waals surface area contributed by atoms with Gasteiger partial charge in [0.1, 0.15) is 11.3 Å². The number of piperazine rings is 1. The molecule has 0 bridgehead atoms. The van der Waals surface area contributed by atoms with Crippen molar-refractivity contribution < 1.29 is 19.1 Å². The van der Waals surface area contributed by atoms with Gasteiger partial charge in [0.2, 0.25) is 0 Å². The smallest absolute Gasteiger partial charge is 0.260 e. The van der Waals surface area contributed by atoms with Gasteiger partial charge in [0.25, 0.3) is 11.8 Å². The molecule has 6 nitrogen and oxygen atoms in total. The summed E-state index contributed by atoms with van der Waals surface area (Å²) in [7, 11) is 1.44. The molecule has 0 radical (unpaired) electrons. The van der Waals surface area contributed by atoms with E-state index in [4.69, 9.17) is 32.7 Å². The van der Waals surface area contributed by atoms with Crippen molar-refractivity contribution in [3.8, 4) is 11.5 Å². The number of para-hydroxylation sites is 1. The number of carbonyl (C=O) groups excluding carboxylic acids is 2. The van der Waals surface area contributed by atoms with E-state index in [1.807, 2.05) is 18.2 Å². The molecule has 3 rings (SSSR count). The summed E-state index contributed by atoms with van der Waals surface area (Å²) in [5.41, 5.74) is 0.240. The Kier molecular flexibility index (Phi) is 6.65. The van der Waals surface area contributed by atoms with Crippen LogP contribution in [0.3, 0.4) is 0 Å². The average molecular weight is 423 g/mol. The van der Waals surface area contributed by atoms with Crippen LogP contribution in [0.1, 0.15) is 10.4 Å². The first-order valence-electron chi connectivity index (χ1n) is 8.78. The van der Waals surface area contributed by atoms with Gasteiger partial charge in [0, 0.05) is 26.2 Å². The van der Waals surface area contributed by atoms with Crippen LogP contribution in [0.15, 0.2) is 42.5 Å². The summed E-state index contributed by atoms with van der Waals surface area (Å²) in [5.74, 6) is 0.521. The molecule has 0 atom stereocenters. The van der Waals surface area contributed by atoms with Gasteiger partial charge in [-0.05, 0) is 24.3 Å². The maximum atomic E-state index is 12.9. The van der Waals surface area contributed by atoms with Gasteiger partial charge >= 0.3 is 0 Å². The highest BCUT2D eigenvalue weighted by Crippen LogP contribution is 2.34. The molecule has 0 spiro atoms. The molecule has 1 saturated heterocycles. The molecule has 2 amide bonds. The Balaban J connectivity index is 1.59. The van der Waals surface area contributed by atoms with Crippen LogP contribution in [0.4, 0.5) is 0 Å². The number of amides is 2. The molecule has 2 aromatic rings. The lowest BCUT2D eigenvalue weighted by Crippen LogP contribution is -2.51. The summed E-state index contributed by atoms with van der Waals surface area (Å²) < 4.78 is 10.8. The van der Waals surface area contributed by atoms with Crippen LogP contribution < -0.4 is 9.47 Å². The van der Waals surface area contributed by atoms with E-state index in [0.717, 1.165) is 0 Å². The Labute approximate surface area is 173 Å². The van der Waals surface area contributed by atoms with E-state index in [1.54, 1.807) is 34.1 Å². The second-order valence-corrected chi connectivity index (χ2v) is 7.03. The fourth-order valence-electron chi connectivity index (χ4n) is 3.00. The summed E-state index contributed by atoms with van der Waals surface area (Å²) in [5, 5.41) is 0.600. The molecule has 1 heterocycles. The SMILES string of the molecule is COc1c(Cl)ccc(Cl)c1C(=O)N1CCN(C(=O)COc2ccccc2)CC1. The van der Waals surface area contributed by atoms with E-state index in [0.29, 0.717) is 37.0 Å². The normalized spacial score (nSPS) is 14.0. The predicted octanol–water partition coefficient (Wildman–Crippen LogP) is 3.37. The van der Waals surface area contributed by atoms with Gasteiger partial charge in [-0.25, -0.2) is 0 Å². The summed E-state index contributed by atoms with van der Waals surface area (Å²) in [6, 6.07) is 12.3. The first kappa shape index (κ1) is 20.3. The lowest BCUT2D eigenvalue weighted by Gasteiger charge is -2.35. The molecule has 0 unspecified atom stereocenters. The van der Waals surface area contributed by atoms with Gasteiger partial charge < -0.3 is 19.3 Å². The first-order valence-corrected chi connectivity index (χ1v) is 9.53. The van der Waals surface area contributed by atoms with Gasteiger partial charge in [0.05, 0.1) is 17.2 Å². The minimum Gasteiger partial charge on any atom is -0.494 e. The number of carbonyl (C=O) groups is 2. The van der Waals surface area contributed by atoms with Crippen LogP contribution in [0, 0.1) is 0 Å². The van der Waals surface area contributed by atoms with Gasteiger partial charge in [-0.3, -0.25) is 9.59 Å². The second-order valence-electron chi connectivity index (χ2n) is 6.21. The summed E-state index contributed by atoms with van der Waals surface area (Å²) in [6.45, 7) is 1.59. The third-order valence-corrected chi connectivity index (χ3v) is 5.11. The highest BCUT2D eigenvalue weighted by Gasteiger charge is 2.29. The van der Waals surface area contributed by atoms with E-state index < -0.39 is 0 Å². The molecular formula is C20H20Cl2N2O4. The van der Waals surface area contributed by atoms with Crippen LogP contribution in [0.25, 0.3) is 0 Å². The largest absolute Gasteiger partial charge is 0.494 e. The first-order chi connectivity index (χ1) is 13.5. The Hall–Kier alpha value is -2.44. The van der Waals surface area contributed by atoms with Crippen LogP contribution >= 0.6 is 23.2 Å². The standard InChI is InChI=1S/C20H20Cl2N2O4/c1-27-19-16(22)8-7-15(21)18(19)20(26)24-11-9-23(10-12-24)17(25)13-28-14-5-3-2-4-6-14/h2-8H,9-13H2,1H3. The second kappa shape index (κ2) is 9.17. The molecule has 0 aliphatic carbocycles. The van der Waals surface area contributed by atoms with Crippen molar-refractivity contribution in [1.29, 1.82) is 0 Å². The Morgan fingerprint density at radius 3 is 2.18 bits per heavy atom. The Morgan fingerprint density at radius 2 is 1.54 bits per heavy atom. The summed E-state index contributed by atoms with van der Waals surface area (Å²) >= 11 is 12.3. The van der Waals surface area contributed by atoms with E-state index >= 15 is 0 Å². The average Bonchev–Trinajstić information content (AvgIpc) is 2.73. The highest BCUT2D eigenvalue weighted by atomic mass is 35.5. The minimum atomic E-state index is -0.267. The van der Waals surface area contributed by atoms with E-state index in [1.165, 1.54) is 7.11 Å². The number of benzene rings is 2. The van der Waals surface area contributed by atoms with Gasteiger partial charge in [-0.2, -0.15) is 0 Å². The highest BCUT2D eigenvalue weighted by molar-refractivity contribution is 6.37. The predicted molar refractivity (Wildman–Crippen MR) is 107 cm³/mol. The van der Waals surface area contributed by atoms with Gasteiger partial charge in [-0.1, -0.05) is 41.4 Å². The fraction of sp³-hybridized carbons (Fsp3) is 0.300. The number of nitrogens with zero attached hydrogens (tertiary/aromatic N) is 2. The van der Waals surface area contributed by atoms with Gasteiger partial charge in [0.15, 0.2) is 12.4 Å². The maximum absolute atomic E-state index is 12.9. The molecular weight excluding hydrogens is 403 g/mol. The molecule has 8 heteroatoms. The molecule has 148 valence electrons. The lowest BCUT2D eigenvalue weighted by molar-refractivity contribution is -0.134. The topological polar surface area (TPSA) is 59.1 Å². The zero-order chi connectivity index (χ0) is 20.1. The number of ether oxygens (including phenoxy) is 2. The number of halogens is 2. The molecule has 0 N–H and O–H groups in total. The molecule has 0 aromatic heterocycles. The summed E-state index contributed by atoms with van der Waals surface area (Å²) in [4.78, 5) is 28.6. The molecule has 1 fully saturated rings. The van der Waals surface area contributed by atoms with E-state index in [2.05, 4.69) is 0 Å². The van der Waals surface area contributed by atoms with Crippen molar-refractivity contribution in [2.24, 2.45) is 0 Å². The zero-order valence-corrected chi connectivity index (χ0v) is 16.9. The fourth-order valence-corrected chi connectivity index (χ4v) is 3.47. The molecule has 1 aliphatic rings. The number of hydrogen-bond acceptors (Lipinski definition) is 4. The van der Waals surface area contributed by atoms with Crippen LogP contribution in [-0.4, -0.2) is 61.5 Å². The monoisotopic (exact) mass is 422 g/mol. The van der Waals surface area contributed by atoms with Crippen molar-refractivity contribution in [2.45, 2.75) is 0 Å². The third kappa shape index (κ3) is 4.51. The van der Waals surface area contributed by atoms with Crippen molar-refractivity contribution in [3.05, 3.63) is 58.1 Å².